The number of nitrogens with zero attached hydrogens (tertiary/aromatic N) is 2. The van der Waals surface area contributed by atoms with Crippen LogP contribution in [0.4, 0.5) is 0 Å². The molecule has 0 saturated heterocycles. The molecule has 0 aliphatic carbocycles. The minimum Gasteiger partial charge on any atom is -0.480 e. The normalized spacial score (nSPS) is 11.2. The molecule has 0 saturated carbocycles. The van der Waals surface area contributed by atoms with E-state index in [0.29, 0.717) is 13.1 Å². The Labute approximate surface area is 115 Å². The first-order valence-corrected chi connectivity index (χ1v) is 6.87. The van der Waals surface area contributed by atoms with Crippen molar-refractivity contribution in [1.82, 2.24) is 9.80 Å². The Morgan fingerprint density at radius 3 is 1.63 bits per heavy atom. The van der Waals surface area contributed by atoms with Gasteiger partial charge in [-0.15, -0.1) is 0 Å². The third-order valence-corrected chi connectivity index (χ3v) is 2.82. The molecule has 0 aromatic rings. The van der Waals surface area contributed by atoms with Gasteiger partial charge < -0.3 is 10.2 Å². The Kier molecular flexibility index (Phi) is 10.1. The minimum absolute atomic E-state index is 0.0164. The molecule has 0 amide bonds. The van der Waals surface area contributed by atoms with E-state index in [1.165, 1.54) is 0 Å². The van der Waals surface area contributed by atoms with Crippen LogP contribution in [0.3, 0.4) is 0 Å². The zero-order chi connectivity index (χ0) is 14.7. The van der Waals surface area contributed by atoms with Crippen LogP contribution in [-0.4, -0.2) is 71.2 Å². The van der Waals surface area contributed by atoms with E-state index in [9.17, 15) is 9.59 Å². The molecule has 0 unspecified atom stereocenters. The second-order valence-corrected chi connectivity index (χ2v) is 4.69. The highest BCUT2D eigenvalue weighted by Gasteiger charge is 2.13. The Morgan fingerprint density at radius 1 is 0.789 bits per heavy atom. The summed E-state index contributed by atoms with van der Waals surface area (Å²) in [6.45, 7) is 6.76. The van der Waals surface area contributed by atoms with E-state index >= 15 is 0 Å². The molecule has 0 fully saturated rings. The highest BCUT2D eigenvalue weighted by molar-refractivity contribution is 5.69. The quantitative estimate of drug-likeness (QED) is 0.552. The lowest BCUT2D eigenvalue weighted by atomic mass is 10.3. The lowest BCUT2D eigenvalue weighted by molar-refractivity contribution is -0.140. The number of carbonyl (C=O) groups is 2. The van der Waals surface area contributed by atoms with Gasteiger partial charge in [-0.05, 0) is 25.9 Å². The number of aliphatic carboxylic acids is 2. The summed E-state index contributed by atoms with van der Waals surface area (Å²) in [4.78, 5) is 25.2. The van der Waals surface area contributed by atoms with Crippen molar-refractivity contribution in [3.8, 4) is 0 Å². The van der Waals surface area contributed by atoms with E-state index in [-0.39, 0.29) is 13.1 Å². The third kappa shape index (κ3) is 10.5. The zero-order valence-corrected chi connectivity index (χ0v) is 12.0. The van der Waals surface area contributed by atoms with Crippen molar-refractivity contribution in [3.05, 3.63) is 0 Å². The molecule has 0 heterocycles. The summed E-state index contributed by atoms with van der Waals surface area (Å²) < 4.78 is 0. The van der Waals surface area contributed by atoms with Crippen molar-refractivity contribution in [3.63, 3.8) is 0 Å². The van der Waals surface area contributed by atoms with E-state index in [4.69, 9.17) is 10.2 Å². The van der Waals surface area contributed by atoms with Crippen molar-refractivity contribution >= 4 is 11.9 Å². The topological polar surface area (TPSA) is 81.1 Å². The summed E-state index contributed by atoms with van der Waals surface area (Å²) in [5.41, 5.74) is 0. The predicted molar refractivity (Wildman–Crippen MR) is 73.4 cm³/mol. The number of rotatable bonds is 12. The van der Waals surface area contributed by atoms with Crippen LogP contribution in [0.2, 0.25) is 0 Å². The molecule has 0 radical (unpaired) electrons. The molecule has 0 aromatic heterocycles. The molecule has 6 heteroatoms. The van der Waals surface area contributed by atoms with Crippen molar-refractivity contribution in [1.29, 1.82) is 0 Å². The monoisotopic (exact) mass is 274 g/mol. The third-order valence-electron chi connectivity index (χ3n) is 2.82. The summed E-state index contributed by atoms with van der Waals surface area (Å²) in [7, 11) is 0. The average Bonchev–Trinajstić information content (AvgIpc) is 2.31. The van der Waals surface area contributed by atoms with E-state index in [1.807, 2.05) is 16.7 Å². The van der Waals surface area contributed by atoms with Crippen molar-refractivity contribution < 1.29 is 19.8 Å². The molecule has 6 nitrogen and oxygen atoms in total. The zero-order valence-electron chi connectivity index (χ0n) is 12.0. The second kappa shape index (κ2) is 10.8. The molecule has 0 bridgehead atoms. The van der Waals surface area contributed by atoms with Gasteiger partial charge in [-0.3, -0.25) is 19.4 Å². The van der Waals surface area contributed by atoms with Gasteiger partial charge in [-0.1, -0.05) is 20.3 Å². The Bertz CT molecular complexity index is 271. The fraction of sp³-hybridized carbons (Fsp3) is 0.846. The van der Waals surface area contributed by atoms with Gasteiger partial charge >= 0.3 is 11.9 Å². The lowest BCUT2D eigenvalue weighted by Crippen LogP contribution is -2.40. The largest absolute Gasteiger partial charge is 0.480 e. The van der Waals surface area contributed by atoms with Gasteiger partial charge in [0.05, 0.1) is 13.1 Å². The van der Waals surface area contributed by atoms with Gasteiger partial charge in [0.2, 0.25) is 0 Å². The van der Waals surface area contributed by atoms with Gasteiger partial charge in [-0.2, -0.15) is 0 Å². The number of unbranched alkanes of at least 4 members (excludes halogenated alkanes) is 1. The molecule has 19 heavy (non-hydrogen) atoms. The first-order valence-electron chi connectivity index (χ1n) is 6.87. The number of carboxylic acid groups (broad SMARTS) is 2. The van der Waals surface area contributed by atoms with Crippen LogP contribution in [0.5, 0.6) is 0 Å². The lowest BCUT2D eigenvalue weighted by Gasteiger charge is -2.25. The molecular formula is C13H26N2O4. The fourth-order valence-corrected chi connectivity index (χ4v) is 1.90. The molecule has 2 N–H and O–H groups in total. The molecular weight excluding hydrogens is 248 g/mol. The number of carboxylic acids is 2. The first-order chi connectivity index (χ1) is 8.99. The van der Waals surface area contributed by atoms with Gasteiger partial charge in [0.25, 0.3) is 0 Å². The maximum absolute atomic E-state index is 10.8. The molecule has 0 aliphatic rings. The fourth-order valence-electron chi connectivity index (χ4n) is 1.90. The van der Waals surface area contributed by atoms with Crippen LogP contribution in [0.1, 0.15) is 33.1 Å². The maximum atomic E-state index is 10.8. The molecule has 0 aliphatic heterocycles. The van der Waals surface area contributed by atoms with Crippen LogP contribution < -0.4 is 0 Å². The van der Waals surface area contributed by atoms with Gasteiger partial charge in [-0.25, -0.2) is 0 Å². The Balaban J connectivity index is 4.21. The van der Waals surface area contributed by atoms with E-state index in [0.717, 1.165) is 32.4 Å². The summed E-state index contributed by atoms with van der Waals surface area (Å²) in [6.07, 6.45) is 2.87. The summed E-state index contributed by atoms with van der Waals surface area (Å²) >= 11 is 0. The molecule has 0 atom stereocenters. The van der Waals surface area contributed by atoms with E-state index in [2.05, 4.69) is 6.92 Å². The average molecular weight is 274 g/mol. The smallest absolute Gasteiger partial charge is 0.317 e. The van der Waals surface area contributed by atoms with Crippen LogP contribution in [0, 0.1) is 0 Å². The van der Waals surface area contributed by atoms with Crippen molar-refractivity contribution in [2.24, 2.45) is 0 Å². The van der Waals surface area contributed by atoms with Crippen LogP contribution in [0.25, 0.3) is 0 Å². The molecule has 0 aromatic carbocycles. The maximum Gasteiger partial charge on any atom is 0.317 e. The van der Waals surface area contributed by atoms with Gasteiger partial charge in [0, 0.05) is 13.1 Å². The van der Waals surface area contributed by atoms with Crippen molar-refractivity contribution in [2.45, 2.75) is 33.1 Å². The standard InChI is InChI=1S/C13H26N2O4/c1-3-5-7-15(11-13(18)19)9-8-14(6-4-2)10-12(16)17/h3-11H2,1-2H3,(H,16,17)(H,18,19). The number of hydrogen-bond donors (Lipinski definition) is 2. The van der Waals surface area contributed by atoms with Crippen molar-refractivity contribution in [2.75, 3.05) is 39.3 Å². The Hall–Kier alpha value is -1.14. The van der Waals surface area contributed by atoms with E-state index in [1.54, 1.807) is 0 Å². The van der Waals surface area contributed by atoms with Crippen LogP contribution >= 0.6 is 0 Å². The summed E-state index contributed by atoms with van der Waals surface area (Å²) in [6, 6.07) is 0. The van der Waals surface area contributed by atoms with Crippen LogP contribution in [-0.2, 0) is 9.59 Å². The Morgan fingerprint density at radius 2 is 1.26 bits per heavy atom. The highest BCUT2D eigenvalue weighted by atomic mass is 16.4. The first kappa shape index (κ1) is 17.9. The van der Waals surface area contributed by atoms with Gasteiger partial charge in [0.15, 0.2) is 0 Å². The predicted octanol–water partition coefficient (Wildman–Crippen LogP) is 0.970. The van der Waals surface area contributed by atoms with E-state index < -0.39 is 11.9 Å². The molecule has 112 valence electrons. The molecule has 0 spiro atoms. The number of hydrogen-bond acceptors (Lipinski definition) is 4. The summed E-state index contributed by atoms with van der Waals surface area (Å²) in [5.74, 6) is -1.68. The minimum atomic E-state index is -0.841. The SMILES string of the molecule is CCCCN(CCN(CCC)CC(=O)O)CC(=O)O. The second-order valence-electron chi connectivity index (χ2n) is 4.69. The molecule has 0 rings (SSSR count). The van der Waals surface area contributed by atoms with Gasteiger partial charge in [0.1, 0.15) is 0 Å². The summed E-state index contributed by atoms with van der Waals surface area (Å²) in [5, 5.41) is 17.7. The highest BCUT2D eigenvalue weighted by Crippen LogP contribution is 1.98. The van der Waals surface area contributed by atoms with Crippen LogP contribution in [0.15, 0.2) is 0 Å².